The predicted molar refractivity (Wildman–Crippen MR) is 116 cm³/mol. The van der Waals surface area contributed by atoms with Crippen LogP contribution >= 0.6 is 0 Å². The largest absolute Gasteiger partial charge is 0.335 e. The van der Waals surface area contributed by atoms with Crippen LogP contribution in [0.2, 0.25) is 0 Å². The van der Waals surface area contributed by atoms with Gasteiger partial charge in [-0.05, 0) is 47.0 Å². The van der Waals surface area contributed by atoms with Gasteiger partial charge in [0.05, 0.1) is 11.7 Å². The van der Waals surface area contributed by atoms with E-state index in [1.54, 1.807) is 22.0 Å². The van der Waals surface area contributed by atoms with Crippen LogP contribution in [0.25, 0.3) is 22.5 Å². The number of likely N-dealkylation sites (N-methyl/N-ethyl adjacent to an activating group) is 1. The molecule has 5 nitrogen and oxygen atoms in total. The van der Waals surface area contributed by atoms with Gasteiger partial charge >= 0.3 is 0 Å². The maximum atomic E-state index is 12.7. The summed E-state index contributed by atoms with van der Waals surface area (Å²) < 4.78 is 1.70. The lowest BCUT2D eigenvalue weighted by Gasteiger charge is -2.24. The molecular formula is C24H22N4O. The van der Waals surface area contributed by atoms with Crippen LogP contribution in [0.5, 0.6) is 0 Å². The predicted octanol–water partition coefficient (Wildman–Crippen LogP) is 4.65. The van der Waals surface area contributed by atoms with Crippen LogP contribution in [-0.2, 0) is 4.79 Å². The van der Waals surface area contributed by atoms with Crippen molar-refractivity contribution >= 4 is 22.8 Å². The minimum absolute atomic E-state index is 0.0363. The summed E-state index contributed by atoms with van der Waals surface area (Å²) >= 11 is 0. The molecule has 1 aromatic heterocycles. The molecule has 3 aromatic carbocycles. The first kappa shape index (κ1) is 18.6. The minimum Gasteiger partial charge on any atom is -0.335 e. The van der Waals surface area contributed by atoms with Gasteiger partial charge in [0, 0.05) is 13.1 Å². The van der Waals surface area contributed by atoms with Crippen molar-refractivity contribution in [2.24, 2.45) is 0 Å². The highest BCUT2D eigenvalue weighted by Gasteiger charge is 2.15. The number of aromatic nitrogens is 3. The number of carbonyl (C=O) groups is 1. The average Bonchev–Trinajstić information content (AvgIpc) is 3.31. The van der Waals surface area contributed by atoms with E-state index < -0.39 is 0 Å². The molecule has 5 heteroatoms. The molecule has 0 spiro atoms. The maximum Gasteiger partial charge on any atom is 0.246 e. The Balaban J connectivity index is 1.49. The van der Waals surface area contributed by atoms with E-state index in [-0.39, 0.29) is 11.9 Å². The number of nitrogens with zero attached hydrogens (tertiary/aromatic N) is 4. The molecule has 0 saturated heterocycles. The number of fused-ring (bicyclic) bond motifs is 1. The van der Waals surface area contributed by atoms with E-state index in [9.17, 15) is 4.79 Å². The van der Waals surface area contributed by atoms with Gasteiger partial charge in [-0.3, -0.25) is 4.79 Å². The Morgan fingerprint density at radius 1 is 1.03 bits per heavy atom. The summed E-state index contributed by atoms with van der Waals surface area (Å²) in [6, 6.07) is 22.2. The second-order valence-corrected chi connectivity index (χ2v) is 6.96. The van der Waals surface area contributed by atoms with Gasteiger partial charge in [0.25, 0.3) is 0 Å². The third-order valence-electron chi connectivity index (χ3n) is 5.22. The number of rotatable bonds is 5. The quantitative estimate of drug-likeness (QED) is 0.472. The lowest BCUT2D eigenvalue weighted by atomic mass is 10.0. The highest BCUT2D eigenvalue weighted by atomic mass is 16.2. The Morgan fingerprint density at radius 2 is 1.79 bits per heavy atom. The van der Waals surface area contributed by atoms with Crippen LogP contribution in [0.1, 0.15) is 24.1 Å². The molecule has 1 amide bonds. The zero-order chi connectivity index (χ0) is 20.2. The fourth-order valence-electron chi connectivity index (χ4n) is 3.34. The van der Waals surface area contributed by atoms with Crippen molar-refractivity contribution in [1.82, 2.24) is 19.7 Å². The number of carbonyl (C=O) groups excluding carboxylic acids is 1. The fraction of sp³-hybridized carbons (Fsp3) is 0.125. The van der Waals surface area contributed by atoms with E-state index in [2.05, 4.69) is 28.3 Å². The molecule has 144 valence electrons. The zero-order valence-corrected chi connectivity index (χ0v) is 16.4. The van der Waals surface area contributed by atoms with Crippen LogP contribution < -0.4 is 0 Å². The van der Waals surface area contributed by atoms with E-state index >= 15 is 0 Å². The van der Waals surface area contributed by atoms with E-state index in [0.29, 0.717) is 0 Å². The van der Waals surface area contributed by atoms with Gasteiger partial charge in [-0.1, -0.05) is 54.6 Å². The summed E-state index contributed by atoms with van der Waals surface area (Å²) in [5.41, 5.74) is 3.03. The molecule has 0 radical (unpaired) electrons. The molecule has 0 bridgehead atoms. The summed E-state index contributed by atoms with van der Waals surface area (Å²) in [4.78, 5) is 18.4. The van der Waals surface area contributed by atoms with Crippen molar-refractivity contribution in [2.45, 2.75) is 13.0 Å². The lowest BCUT2D eigenvalue weighted by Crippen LogP contribution is -2.27. The van der Waals surface area contributed by atoms with Crippen molar-refractivity contribution in [3.05, 3.63) is 96.6 Å². The van der Waals surface area contributed by atoms with Crippen molar-refractivity contribution < 1.29 is 4.79 Å². The Kier molecular flexibility index (Phi) is 5.20. The molecular weight excluding hydrogens is 360 g/mol. The van der Waals surface area contributed by atoms with Crippen molar-refractivity contribution in [3.63, 3.8) is 0 Å². The van der Waals surface area contributed by atoms with Gasteiger partial charge in [0.2, 0.25) is 5.91 Å². The molecule has 0 fully saturated rings. The summed E-state index contributed by atoms with van der Waals surface area (Å²) in [6.45, 7) is 2.02. The van der Waals surface area contributed by atoms with E-state index in [4.69, 9.17) is 0 Å². The smallest absolute Gasteiger partial charge is 0.246 e. The first-order valence-electron chi connectivity index (χ1n) is 9.51. The zero-order valence-electron chi connectivity index (χ0n) is 16.4. The molecule has 0 saturated carbocycles. The van der Waals surface area contributed by atoms with Crippen LogP contribution in [0.3, 0.4) is 0 Å². The number of hydrogen-bond acceptors (Lipinski definition) is 3. The summed E-state index contributed by atoms with van der Waals surface area (Å²) in [7, 11) is 1.83. The summed E-state index contributed by atoms with van der Waals surface area (Å²) in [5, 5.41) is 6.43. The highest BCUT2D eigenvalue weighted by Crippen LogP contribution is 2.22. The highest BCUT2D eigenvalue weighted by molar-refractivity contribution is 5.96. The lowest BCUT2D eigenvalue weighted by molar-refractivity contribution is -0.126. The van der Waals surface area contributed by atoms with Crippen molar-refractivity contribution in [3.8, 4) is 5.69 Å². The maximum absolute atomic E-state index is 12.7. The minimum atomic E-state index is -0.0514. The van der Waals surface area contributed by atoms with Gasteiger partial charge in [0.15, 0.2) is 0 Å². The Hall–Kier alpha value is -3.73. The van der Waals surface area contributed by atoms with Crippen LogP contribution in [0.15, 0.2) is 85.5 Å². The molecule has 4 rings (SSSR count). The third-order valence-corrected chi connectivity index (χ3v) is 5.22. The molecule has 0 aliphatic heterocycles. The van der Waals surface area contributed by atoms with Gasteiger partial charge in [-0.2, -0.15) is 5.10 Å². The van der Waals surface area contributed by atoms with Crippen molar-refractivity contribution in [1.29, 1.82) is 0 Å². The van der Waals surface area contributed by atoms with Gasteiger partial charge in [-0.15, -0.1) is 0 Å². The second kappa shape index (κ2) is 8.10. The van der Waals surface area contributed by atoms with Gasteiger partial charge in [0.1, 0.15) is 12.7 Å². The van der Waals surface area contributed by atoms with Crippen LogP contribution in [0, 0.1) is 0 Å². The first-order valence-corrected chi connectivity index (χ1v) is 9.51. The SMILES string of the molecule is CC(c1ccc(-n2cncn2)cc1)N(C)C(=O)/C=C/c1cccc2ccccc12. The third kappa shape index (κ3) is 3.94. The topological polar surface area (TPSA) is 51.0 Å². The van der Waals surface area contributed by atoms with E-state index in [0.717, 1.165) is 27.6 Å². The Bertz CT molecular complexity index is 1140. The molecule has 0 N–H and O–H groups in total. The molecule has 0 aliphatic carbocycles. The molecule has 29 heavy (non-hydrogen) atoms. The van der Waals surface area contributed by atoms with E-state index in [1.807, 2.05) is 68.6 Å². The normalized spacial score (nSPS) is 12.3. The number of hydrogen-bond donors (Lipinski definition) is 0. The standard InChI is InChI=1S/C24H22N4O/c1-18(19-10-13-22(14-11-19)28-17-25-16-26-28)27(2)24(29)15-12-21-8-5-7-20-6-3-4-9-23(20)21/h3-18H,1-2H3/b15-12+. The van der Waals surface area contributed by atoms with Crippen LogP contribution in [-0.4, -0.2) is 32.6 Å². The molecule has 4 aromatic rings. The number of benzene rings is 3. The average molecular weight is 382 g/mol. The Morgan fingerprint density at radius 3 is 2.55 bits per heavy atom. The summed E-state index contributed by atoms with van der Waals surface area (Å²) in [6.07, 6.45) is 6.70. The molecule has 1 atom stereocenters. The first-order chi connectivity index (χ1) is 14.1. The van der Waals surface area contributed by atoms with Gasteiger partial charge in [-0.25, -0.2) is 9.67 Å². The second-order valence-electron chi connectivity index (χ2n) is 6.96. The van der Waals surface area contributed by atoms with Crippen molar-refractivity contribution in [2.75, 3.05) is 7.05 Å². The van der Waals surface area contributed by atoms with Crippen LogP contribution in [0.4, 0.5) is 0 Å². The molecule has 0 aliphatic rings. The molecule has 1 unspecified atom stereocenters. The summed E-state index contributed by atoms with van der Waals surface area (Å²) in [5.74, 6) is -0.0363. The van der Waals surface area contributed by atoms with E-state index in [1.165, 1.54) is 6.33 Å². The molecule has 1 heterocycles. The fourth-order valence-corrected chi connectivity index (χ4v) is 3.34. The Labute approximate surface area is 169 Å². The monoisotopic (exact) mass is 382 g/mol. The number of amides is 1. The van der Waals surface area contributed by atoms with Gasteiger partial charge < -0.3 is 4.90 Å².